The van der Waals surface area contributed by atoms with E-state index in [-0.39, 0.29) is 24.6 Å². The number of carbonyl (C=O) groups is 1. The predicted molar refractivity (Wildman–Crippen MR) is 101 cm³/mol. The molecule has 0 spiro atoms. The van der Waals surface area contributed by atoms with Gasteiger partial charge in [-0.25, -0.2) is 4.98 Å². The summed E-state index contributed by atoms with van der Waals surface area (Å²) in [5, 5.41) is 1.17. The number of fused-ring (bicyclic) bond motifs is 1. The van der Waals surface area contributed by atoms with Gasteiger partial charge in [-0.3, -0.25) is 9.59 Å². The minimum Gasteiger partial charge on any atom is -0.484 e. The smallest absolute Gasteiger partial charge is 0.260 e. The number of H-pyrrole nitrogens is 1. The predicted octanol–water partition coefficient (Wildman–Crippen LogP) is 2.92. The second-order valence-electron chi connectivity index (χ2n) is 5.98. The minimum atomic E-state index is -0.228. The Kier molecular flexibility index (Phi) is 5.23. The minimum absolute atomic E-state index is 0.116. The number of aromatic amines is 1. The summed E-state index contributed by atoms with van der Waals surface area (Å²) < 4.78 is 5.51. The van der Waals surface area contributed by atoms with Gasteiger partial charge in [0.2, 0.25) is 0 Å². The summed E-state index contributed by atoms with van der Waals surface area (Å²) in [6.07, 6.45) is 0. The van der Waals surface area contributed by atoms with Gasteiger partial charge in [0.15, 0.2) is 6.61 Å². The molecular formula is C19H18ClN3O3. The lowest BCUT2D eigenvalue weighted by molar-refractivity contribution is -0.132. The third-order valence-electron chi connectivity index (χ3n) is 3.97. The molecule has 3 rings (SSSR count). The molecule has 26 heavy (non-hydrogen) atoms. The van der Waals surface area contributed by atoms with Crippen molar-refractivity contribution in [2.75, 3.05) is 13.7 Å². The van der Waals surface area contributed by atoms with Crippen molar-refractivity contribution < 1.29 is 9.53 Å². The Morgan fingerprint density at radius 2 is 2.04 bits per heavy atom. The highest BCUT2D eigenvalue weighted by atomic mass is 35.5. The van der Waals surface area contributed by atoms with Crippen molar-refractivity contribution >= 4 is 28.4 Å². The Labute approximate surface area is 155 Å². The van der Waals surface area contributed by atoms with Gasteiger partial charge in [0.05, 0.1) is 17.4 Å². The average molecular weight is 372 g/mol. The lowest BCUT2D eigenvalue weighted by Gasteiger charge is -2.17. The molecule has 0 bridgehead atoms. The maximum atomic E-state index is 12.3. The number of nitrogens with zero attached hydrogens (tertiary/aromatic N) is 2. The topological polar surface area (TPSA) is 75.3 Å². The number of benzene rings is 2. The van der Waals surface area contributed by atoms with E-state index in [1.807, 2.05) is 13.0 Å². The van der Waals surface area contributed by atoms with Gasteiger partial charge in [0.25, 0.3) is 11.5 Å². The van der Waals surface area contributed by atoms with E-state index in [2.05, 4.69) is 9.97 Å². The number of aryl methyl sites for hydroxylation is 1. The quantitative estimate of drug-likeness (QED) is 0.748. The van der Waals surface area contributed by atoms with Crippen molar-refractivity contribution in [1.29, 1.82) is 0 Å². The Morgan fingerprint density at radius 3 is 2.81 bits per heavy atom. The number of para-hydroxylation sites is 1. The summed E-state index contributed by atoms with van der Waals surface area (Å²) in [4.78, 5) is 32.9. The van der Waals surface area contributed by atoms with Crippen LogP contribution in [0.3, 0.4) is 0 Å². The first-order valence-corrected chi connectivity index (χ1v) is 8.42. The normalized spacial score (nSPS) is 10.7. The molecule has 7 heteroatoms. The number of aromatic nitrogens is 2. The molecule has 0 aliphatic heterocycles. The molecule has 1 N–H and O–H groups in total. The van der Waals surface area contributed by atoms with E-state index < -0.39 is 0 Å². The van der Waals surface area contributed by atoms with Gasteiger partial charge < -0.3 is 14.6 Å². The lowest BCUT2D eigenvalue weighted by Crippen LogP contribution is -2.32. The van der Waals surface area contributed by atoms with Crippen LogP contribution in [0.1, 0.15) is 11.4 Å². The van der Waals surface area contributed by atoms with Crippen LogP contribution in [0, 0.1) is 6.92 Å². The highest BCUT2D eigenvalue weighted by Crippen LogP contribution is 2.21. The van der Waals surface area contributed by atoms with Crippen LogP contribution in [-0.4, -0.2) is 34.4 Å². The molecule has 0 saturated carbocycles. The summed E-state index contributed by atoms with van der Waals surface area (Å²) in [6.45, 7) is 1.93. The van der Waals surface area contributed by atoms with E-state index in [9.17, 15) is 9.59 Å². The molecular weight excluding hydrogens is 354 g/mol. The number of amides is 1. The molecule has 0 unspecified atom stereocenters. The number of carbonyl (C=O) groups excluding carboxylic acids is 1. The van der Waals surface area contributed by atoms with Gasteiger partial charge in [-0.2, -0.15) is 0 Å². The molecule has 0 aliphatic carbocycles. The Balaban J connectivity index is 1.65. The van der Waals surface area contributed by atoms with Gasteiger partial charge in [0, 0.05) is 12.1 Å². The molecule has 0 aliphatic rings. The summed E-state index contributed by atoms with van der Waals surface area (Å²) >= 11 is 5.97. The fourth-order valence-electron chi connectivity index (χ4n) is 2.48. The maximum absolute atomic E-state index is 12.3. The molecule has 3 aromatic rings. The SMILES string of the molecule is Cc1cc(OCC(=O)N(C)Cc2nc3ccccc3c(=O)[nH]2)ccc1Cl. The third-order valence-corrected chi connectivity index (χ3v) is 4.39. The van der Waals surface area contributed by atoms with Crippen LogP contribution >= 0.6 is 11.6 Å². The van der Waals surface area contributed by atoms with Crippen molar-refractivity contribution in [1.82, 2.24) is 14.9 Å². The molecule has 6 nitrogen and oxygen atoms in total. The largest absolute Gasteiger partial charge is 0.484 e. The van der Waals surface area contributed by atoms with Crippen LogP contribution in [0.25, 0.3) is 10.9 Å². The fraction of sp³-hybridized carbons (Fsp3) is 0.211. The summed E-state index contributed by atoms with van der Waals surface area (Å²) in [5.41, 5.74) is 1.25. The number of rotatable bonds is 5. The van der Waals surface area contributed by atoms with Crippen molar-refractivity contribution in [3.05, 3.63) is 69.2 Å². The van der Waals surface area contributed by atoms with Crippen LogP contribution < -0.4 is 10.3 Å². The van der Waals surface area contributed by atoms with E-state index in [1.54, 1.807) is 43.4 Å². The molecule has 134 valence electrons. The van der Waals surface area contributed by atoms with Gasteiger partial charge in [0.1, 0.15) is 11.6 Å². The number of likely N-dealkylation sites (N-methyl/N-ethyl adjacent to an activating group) is 1. The first kappa shape index (κ1) is 17.9. The first-order chi connectivity index (χ1) is 12.4. The molecule has 0 radical (unpaired) electrons. The van der Waals surface area contributed by atoms with Crippen LogP contribution in [-0.2, 0) is 11.3 Å². The molecule has 0 saturated heterocycles. The van der Waals surface area contributed by atoms with Crippen LogP contribution in [0.4, 0.5) is 0 Å². The zero-order valence-corrected chi connectivity index (χ0v) is 15.2. The highest BCUT2D eigenvalue weighted by molar-refractivity contribution is 6.31. The van der Waals surface area contributed by atoms with Crippen molar-refractivity contribution in [3.8, 4) is 5.75 Å². The van der Waals surface area contributed by atoms with E-state index in [1.165, 1.54) is 4.90 Å². The van der Waals surface area contributed by atoms with Crippen molar-refractivity contribution in [3.63, 3.8) is 0 Å². The van der Waals surface area contributed by atoms with E-state index >= 15 is 0 Å². The Morgan fingerprint density at radius 1 is 1.27 bits per heavy atom. The van der Waals surface area contributed by atoms with Crippen molar-refractivity contribution in [2.24, 2.45) is 0 Å². The molecule has 0 atom stereocenters. The van der Waals surface area contributed by atoms with E-state index in [4.69, 9.17) is 16.3 Å². The Hall–Kier alpha value is -2.86. The van der Waals surface area contributed by atoms with Gasteiger partial charge in [-0.1, -0.05) is 23.7 Å². The summed E-state index contributed by atoms with van der Waals surface area (Å²) in [7, 11) is 1.63. The van der Waals surface area contributed by atoms with Crippen LogP contribution in [0.5, 0.6) is 5.75 Å². The second kappa shape index (κ2) is 7.58. The first-order valence-electron chi connectivity index (χ1n) is 8.05. The molecule has 0 fully saturated rings. The van der Waals surface area contributed by atoms with Gasteiger partial charge >= 0.3 is 0 Å². The maximum Gasteiger partial charge on any atom is 0.260 e. The van der Waals surface area contributed by atoms with Gasteiger partial charge in [-0.05, 0) is 42.8 Å². The average Bonchev–Trinajstić information content (AvgIpc) is 2.62. The summed E-state index contributed by atoms with van der Waals surface area (Å²) in [6, 6.07) is 12.3. The van der Waals surface area contributed by atoms with E-state index in [0.717, 1.165) is 5.56 Å². The van der Waals surface area contributed by atoms with Crippen molar-refractivity contribution in [2.45, 2.75) is 13.5 Å². The summed E-state index contributed by atoms with van der Waals surface area (Å²) in [5.74, 6) is 0.770. The molecule has 1 amide bonds. The fourth-order valence-corrected chi connectivity index (χ4v) is 2.60. The number of hydrogen-bond acceptors (Lipinski definition) is 4. The lowest BCUT2D eigenvalue weighted by atomic mass is 10.2. The zero-order valence-electron chi connectivity index (χ0n) is 14.5. The number of hydrogen-bond donors (Lipinski definition) is 1. The monoisotopic (exact) mass is 371 g/mol. The second-order valence-corrected chi connectivity index (χ2v) is 6.39. The van der Waals surface area contributed by atoms with Crippen LogP contribution in [0.2, 0.25) is 5.02 Å². The Bertz CT molecular complexity index is 1020. The van der Waals surface area contributed by atoms with E-state index in [0.29, 0.717) is 27.5 Å². The standard InChI is InChI=1S/C19H18ClN3O3/c1-12-9-13(7-8-15(12)20)26-11-18(24)23(2)10-17-21-16-6-4-3-5-14(16)19(25)22-17/h3-9H,10-11H2,1-2H3,(H,21,22,25). The zero-order chi connectivity index (χ0) is 18.7. The van der Waals surface area contributed by atoms with Crippen LogP contribution in [0.15, 0.2) is 47.3 Å². The van der Waals surface area contributed by atoms with Gasteiger partial charge in [-0.15, -0.1) is 0 Å². The number of ether oxygens (including phenoxy) is 1. The molecule has 1 heterocycles. The molecule has 2 aromatic carbocycles. The number of halogens is 1. The third kappa shape index (κ3) is 4.03. The molecule has 1 aromatic heterocycles. The number of nitrogens with one attached hydrogen (secondary N) is 1. The highest BCUT2D eigenvalue weighted by Gasteiger charge is 2.13.